The lowest BCUT2D eigenvalue weighted by atomic mass is 10.0. The predicted octanol–water partition coefficient (Wildman–Crippen LogP) is 24.1. The average molecular weight is 1470 g/mol. The van der Waals surface area contributed by atoms with Gasteiger partial charge in [-0.1, -0.05) is 370 Å². The first-order chi connectivity index (χ1) is 48.2. The summed E-state index contributed by atoms with van der Waals surface area (Å²) in [6, 6.07) is 0. The Morgan fingerprint density at radius 1 is 0.270 bits per heavy atom. The molecule has 0 aliphatic carbocycles. The molecule has 17 nitrogen and oxygen atoms in total. The lowest BCUT2D eigenvalue weighted by Crippen LogP contribution is -2.30. The summed E-state index contributed by atoms with van der Waals surface area (Å²) in [7, 11) is -9.92. The Balaban J connectivity index is 5.22. The molecule has 0 aromatic carbocycles. The Morgan fingerprint density at radius 3 is 0.680 bits per heavy atom. The molecule has 0 saturated carbocycles. The van der Waals surface area contributed by atoms with Crippen LogP contribution in [0.1, 0.15) is 421 Å². The maximum absolute atomic E-state index is 13.1. The minimum Gasteiger partial charge on any atom is -0.462 e. The number of aliphatic hydroxyl groups is 1. The van der Waals surface area contributed by atoms with Crippen LogP contribution in [0.3, 0.4) is 0 Å². The highest BCUT2D eigenvalue weighted by Gasteiger charge is 2.30. The van der Waals surface area contributed by atoms with Crippen LogP contribution in [0, 0.1) is 17.8 Å². The number of esters is 4. The number of aliphatic hydroxyl groups excluding tert-OH is 1. The summed E-state index contributed by atoms with van der Waals surface area (Å²) >= 11 is 0. The van der Waals surface area contributed by atoms with Crippen LogP contribution in [0.4, 0.5) is 0 Å². The first kappa shape index (κ1) is 98.1. The first-order valence-electron chi connectivity index (χ1n) is 41.8. The quantitative estimate of drug-likeness (QED) is 0.0222. The van der Waals surface area contributed by atoms with E-state index in [0.29, 0.717) is 25.7 Å². The second-order valence-corrected chi connectivity index (χ2v) is 33.5. The standard InChI is InChI=1S/C81H158O17P2/c1-8-9-10-11-12-13-25-34-41-48-55-62-78(83)91-69-77(98-81(86)65-58-51-44-37-30-33-40-47-54-61-74(6)7)71-96-100(89,90)94-67-75(82)66-93-99(87,88)95-70-76(68-92-79(84)63-56-49-42-35-28-24-20-22-27-32-39-46-53-60-73(4)5)97-80(85)64-57-50-43-36-29-23-19-17-15-14-16-18-21-26-31-38-45-52-59-72(2)3/h72-77,82H,8-71H2,1-7H3,(H,87,88)(H,89,90)/t75-,76-,77-/m1/s1. The van der Waals surface area contributed by atoms with Gasteiger partial charge in [-0.05, 0) is 43.4 Å². The van der Waals surface area contributed by atoms with Crippen LogP contribution in [0.5, 0.6) is 0 Å². The third-order valence-electron chi connectivity index (χ3n) is 18.9. The first-order valence-corrected chi connectivity index (χ1v) is 44.8. The Bertz CT molecular complexity index is 1940. The highest BCUT2D eigenvalue weighted by molar-refractivity contribution is 7.47. The molecule has 0 aromatic rings. The van der Waals surface area contributed by atoms with Crippen molar-refractivity contribution >= 4 is 39.5 Å². The molecule has 0 saturated heterocycles. The molecule has 0 spiro atoms. The van der Waals surface area contributed by atoms with Crippen LogP contribution < -0.4 is 0 Å². The monoisotopic (exact) mass is 1470 g/mol. The summed E-state index contributed by atoms with van der Waals surface area (Å²) in [6.07, 6.45) is 59.7. The van der Waals surface area contributed by atoms with Crippen LogP contribution in [-0.4, -0.2) is 96.7 Å². The van der Waals surface area contributed by atoms with E-state index in [9.17, 15) is 43.2 Å². The summed E-state index contributed by atoms with van der Waals surface area (Å²) in [5.74, 6) is 0.237. The van der Waals surface area contributed by atoms with Crippen molar-refractivity contribution in [3.63, 3.8) is 0 Å². The molecule has 0 rings (SSSR count). The number of hydrogen-bond acceptors (Lipinski definition) is 15. The van der Waals surface area contributed by atoms with Gasteiger partial charge in [-0.15, -0.1) is 0 Å². The molecule has 0 bridgehead atoms. The van der Waals surface area contributed by atoms with Crippen molar-refractivity contribution in [3.8, 4) is 0 Å². The zero-order chi connectivity index (χ0) is 73.7. The van der Waals surface area contributed by atoms with E-state index in [1.165, 1.54) is 231 Å². The van der Waals surface area contributed by atoms with Crippen molar-refractivity contribution in [2.75, 3.05) is 39.6 Å². The highest BCUT2D eigenvalue weighted by Crippen LogP contribution is 2.45. The number of phosphoric ester groups is 2. The summed E-state index contributed by atoms with van der Waals surface area (Å²) in [5.41, 5.74) is 0. The van der Waals surface area contributed by atoms with Crippen molar-refractivity contribution in [1.82, 2.24) is 0 Å². The zero-order valence-electron chi connectivity index (χ0n) is 65.7. The number of phosphoric acid groups is 2. The number of unbranched alkanes of at least 4 members (excludes halogenated alkanes) is 47. The fraction of sp³-hybridized carbons (Fsp3) is 0.951. The van der Waals surface area contributed by atoms with E-state index >= 15 is 0 Å². The molecule has 19 heteroatoms. The van der Waals surface area contributed by atoms with Gasteiger partial charge in [-0.3, -0.25) is 37.3 Å². The summed E-state index contributed by atoms with van der Waals surface area (Å²) in [4.78, 5) is 73.0. The topological polar surface area (TPSA) is 237 Å². The van der Waals surface area contributed by atoms with Gasteiger partial charge in [0.25, 0.3) is 0 Å². The van der Waals surface area contributed by atoms with Crippen molar-refractivity contribution in [1.29, 1.82) is 0 Å². The van der Waals surface area contributed by atoms with E-state index in [0.717, 1.165) is 108 Å². The zero-order valence-corrected chi connectivity index (χ0v) is 67.5. The number of hydrogen-bond donors (Lipinski definition) is 3. The predicted molar refractivity (Wildman–Crippen MR) is 409 cm³/mol. The molecular formula is C81H158O17P2. The lowest BCUT2D eigenvalue weighted by molar-refractivity contribution is -0.161. The lowest BCUT2D eigenvalue weighted by Gasteiger charge is -2.21. The molecule has 0 aliphatic heterocycles. The number of carbonyl (C=O) groups excluding carboxylic acids is 4. The van der Waals surface area contributed by atoms with Gasteiger partial charge < -0.3 is 33.8 Å². The normalized spacial score (nSPS) is 14.0. The number of carbonyl (C=O) groups is 4. The Labute approximate surface area is 613 Å². The highest BCUT2D eigenvalue weighted by atomic mass is 31.2. The van der Waals surface area contributed by atoms with Crippen molar-refractivity contribution in [2.24, 2.45) is 17.8 Å². The number of rotatable bonds is 79. The maximum Gasteiger partial charge on any atom is 0.472 e. The maximum atomic E-state index is 13.1. The molecule has 0 fully saturated rings. The van der Waals surface area contributed by atoms with Gasteiger partial charge in [0, 0.05) is 25.7 Å². The third-order valence-corrected chi connectivity index (χ3v) is 20.8. The Morgan fingerprint density at radius 2 is 0.460 bits per heavy atom. The van der Waals surface area contributed by atoms with Crippen molar-refractivity contribution in [2.45, 2.75) is 439 Å². The fourth-order valence-electron chi connectivity index (χ4n) is 12.5. The SMILES string of the molecule is CCCCCCCCCCCCCC(=O)OC[C@H](COP(=O)(O)OC[C@H](O)COP(=O)(O)OC[C@@H](COC(=O)CCCCCCCCCCCCCCCC(C)C)OC(=O)CCCCCCCCCCCCCCCCCCCCC(C)C)OC(=O)CCCCCCCCCCCC(C)C. The molecular weight excluding hydrogens is 1310 g/mol. The van der Waals surface area contributed by atoms with E-state index < -0.39 is 97.5 Å². The molecule has 3 N–H and O–H groups in total. The molecule has 0 heterocycles. The van der Waals surface area contributed by atoms with E-state index in [-0.39, 0.29) is 25.7 Å². The molecule has 0 aromatic heterocycles. The molecule has 5 atom stereocenters. The minimum absolute atomic E-state index is 0.106. The van der Waals surface area contributed by atoms with Crippen molar-refractivity contribution in [3.05, 3.63) is 0 Å². The van der Waals surface area contributed by atoms with E-state index in [1.807, 2.05) is 0 Å². The Hall–Kier alpha value is -1.94. The largest absolute Gasteiger partial charge is 0.472 e. The molecule has 0 amide bonds. The van der Waals surface area contributed by atoms with E-state index in [1.54, 1.807) is 0 Å². The van der Waals surface area contributed by atoms with E-state index in [4.69, 9.17) is 37.0 Å². The van der Waals surface area contributed by atoms with Crippen LogP contribution >= 0.6 is 15.6 Å². The molecule has 594 valence electrons. The van der Waals surface area contributed by atoms with Gasteiger partial charge in [-0.25, -0.2) is 9.13 Å². The van der Waals surface area contributed by atoms with Gasteiger partial charge >= 0.3 is 39.5 Å². The fourth-order valence-corrected chi connectivity index (χ4v) is 14.1. The molecule has 2 unspecified atom stereocenters. The van der Waals surface area contributed by atoms with Gasteiger partial charge in [0.05, 0.1) is 26.4 Å². The smallest absolute Gasteiger partial charge is 0.462 e. The summed E-state index contributed by atoms with van der Waals surface area (Å²) in [5, 5.41) is 10.6. The van der Waals surface area contributed by atoms with Gasteiger partial charge in [0.1, 0.15) is 19.3 Å². The number of ether oxygens (including phenoxy) is 4. The van der Waals surface area contributed by atoms with Crippen LogP contribution in [0.2, 0.25) is 0 Å². The van der Waals surface area contributed by atoms with Crippen LogP contribution in [0.25, 0.3) is 0 Å². The minimum atomic E-state index is -4.96. The molecule has 0 radical (unpaired) electrons. The summed E-state index contributed by atoms with van der Waals surface area (Å²) in [6.45, 7) is 12.0. The second-order valence-electron chi connectivity index (χ2n) is 30.6. The summed E-state index contributed by atoms with van der Waals surface area (Å²) < 4.78 is 68.7. The van der Waals surface area contributed by atoms with Crippen LogP contribution in [-0.2, 0) is 65.4 Å². The van der Waals surface area contributed by atoms with Gasteiger partial charge in [0.2, 0.25) is 0 Å². The molecule has 0 aliphatic rings. The van der Waals surface area contributed by atoms with E-state index in [2.05, 4.69) is 48.5 Å². The van der Waals surface area contributed by atoms with Gasteiger partial charge in [-0.2, -0.15) is 0 Å². The van der Waals surface area contributed by atoms with Gasteiger partial charge in [0.15, 0.2) is 12.2 Å². The average Bonchev–Trinajstić information content (AvgIpc) is 0.969. The Kier molecular flexibility index (Phi) is 69.9. The van der Waals surface area contributed by atoms with Crippen LogP contribution in [0.15, 0.2) is 0 Å². The molecule has 100 heavy (non-hydrogen) atoms. The second kappa shape index (κ2) is 71.3. The van der Waals surface area contributed by atoms with Crippen molar-refractivity contribution < 1.29 is 80.2 Å². The third kappa shape index (κ3) is 74.3.